The topological polar surface area (TPSA) is 52.7 Å². The minimum absolute atomic E-state index is 0.0625. The number of nitrogens with one attached hydrogen (secondary N) is 1. The fraction of sp³-hybridized carbons (Fsp3) is 0.895. The first-order valence-corrected chi connectivity index (χ1v) is 9.69. The molecule has 2 aliphatic heterocycles. The Morgan fingerprint density at radius 2 is 1.75 bits per heavy atom. The summed E-state index contributed by atoms with van der Waals surface area (Å²) in [5.41, 5.74) is 0. The number of hydrogen-bond donors (Lipinski definition) is 1. The molecule has 2 amide bonds. The summed E-state index contributed by atoms with van der Waals surface area (Å²) in [4.78, 5) is 29.4. The molecule has 2 fully saturated rings. The number of likely N-dealkylation sites (tertiary alicyclic amines) is 2. The summed E-state index contributed by atoms with van der Waals surface area (Å²) in [6.45, 7) is 12.6. The second-order valence-electron chi connectivity index (χ2n) is 8.16. The first-order chi connectivity index (χ1) is 11.4. The molecule has 2 atom stereocenters. The molecule has 0 unspecified atom stereocenters. The maximum absolute atomic E-state index is 12.8. The Bertz CT molecular complexity index is 430. The van der Waals surface area contributed by atoms with Crippen molar-refractivity contribution >= 4 is 11.8 Å². The van der Waals surface area contributed by atoms with Gasteiger partial charge in [0.25, 0.3) is 0 Å². The van der Waals surface area contributed by atoms with Crippen LogP contribution in [0.3, 0.4) is 0 Å². The second kappa shape index (κ2) is 8.84. The van der Waals surface area contributed by atoms with E-state index in [-0.39, 0.29) is 17.9 Å². The standard InChI is InChI=1S/C19H35N3O2/c1-14(2)12-20-18(23)16(4)22-9-5-6-17(13-22)19(24)21-10-7-15(3)8-11-21/h14-17H,5-13H2,1-4H3,(H,20,23)/t16-,17-/m0/s1. The zero-order chi connectivity index (χ0) is 17.7. The van der Waals surface area contributed by atoms with Gasteiger partial charge in [-0.15, -0.1) is 0 Å². The van der Waals surface area contributed by atoms with Crippen LogP contribution in [-0.4, -0.2) is 60.4 Å². The Morgan fingerprint density at radius 3 is 2.38 bits per heavy atom. The number of rotatable bonds is 5. The third kappa shape index (κ3) is 5.20. The molecule has 0 aromatic heterocycles. The number of carbonyl (C=O) groups excluding carboxylic acids is 2. The van der Waals surface area contributed by atoms with Crippen LogP contribution in [0.15, 0.2) is 0 Å². The molecular weight excluding hydrogens is 302 g/mol. The van der Waals surface area contributed by atoms with Gasteiger partial charge < -0.3 is 10.2 Å². The van der Waals surface area contributed by atoms with Gasteiger partial charge in [-0.1, -0.05) is 20.8 Å². The van der Waals surface area contributed by atoms with Gasteiger partial charge in [0, 0.05) is 26.2 Å². The minimum Gasteiger partial charge on any atom is -0.354 e. The van der Waals surface area contributed by atoms with Crippen LogP contribution < -0.4 is 5.32 Å². The molecule has 2 saturated heterocycles. The predicted molar refractivity (Wildman–Crippen MR) is 96.6 cm³/mol. The van der Waals surface area contributed by atoms with E-state index in [2.05, 4.69) is 35.9 Å². The maximum atomic E-state index is 12.8. The van der Waals surface area contributed by atoms with Crippen LogP contribution in [0.25, 0.3) is 0 Å². The van der Waals surface area contributed by atoms with Crippen LogP contribution in [0.2, 0.25) is 0 Å². The van der Waals surface area contributed by atoms with E-state index in [1.54, 1.807) is 0 Å². The zero-order valence-electron chi connectivity index (χ0n) is 15.9. The normalized spacial score (nSPS) is 24.9. The molecule has 0 spiro atoms. The molecule has 0 radical (unpaired) electrons. The summed E-state index contributed by atoms with van der Waals surface area (Å²) in [6, 6.07) is -0.152. The Hall–Kier alpha value is -1.10. The monoisotopic (exact) mass is 337 g/mol. The van der Waals surface area contributed by atoms with Gasteiger partial charge in [0.15, 0.2) is 0 Å². The van der Waals surface area contributed by atoms with Crippen molar-refractivity contribution in [3.8, 4) is 0 Å². The predicted octanol–water partition coefficient (Wildman–Crippen LogP) is 2.12. The van der Waals surface area contributed by atoms with Gasteiger partial charge in [-0.3, -0.25) is 14.5 Å². The number of hydrogen-bond acceptors (Lipinski definition) is 3. The average molecular weight is 338 g/mol. The quantitative estimate of drug-likeness (QED) is 0.836. The molecule has 0 saturated carbocycles. The van der Waals surface area contributed by atoms with Crippen molar-refractivity contribution in [2.45, 2.75) is 59.4 Å². The first-order valence-electron chi connectivity index (χ1n) is 9.69. The Morgan fingerprint density at radius 1 is 1.08 bits per heavy atom. The van der Waals surface area contributed by atoms with Crippen LogP contribution in [-0.2, 0) is 9.59 Å². The van der Waals surface area contributed by atoms with Crippen molar-refractivity contribution in [2.75, 3.05) is 32.7 Å². The molecule has 0 aromatic carbocycles. The van der Waals surface area contributed by atoms with E-state index in [1.165, 1.54) is 0 Å². The molecular formula is C19H35N3O2. The summed E-state index contributed by atoms with van der Waals surface area (Å²) < 4.78 is 0. The van der Waals surface area contributed by atoms with E-state index in [9.17, 15) is 9.59 Å². The lowest BCUT2D eigenvalue weighted by molar-refractivity contribution is -0.140. The number of carbonyl (C=O) groups is 2. The molecule has 0 aliphatic carbocycles. The lowest BCUT2D eigenvalue weighted by Gasteiger charge is -2.39. The van der Waals surface area contributed by atoms with E-state index in [4.69, 9.17) is 0 Å². The van der Waals surface area contributed by atoms with Gasteiger partial charge in [-0.05, 0) is 51.0 Å². The molecule has 24 heavy (non-hydrogen) atoms. The zero-order valence-corrected chi connectivity index (χ0v) is 15.9. The first kappa shape index (κ1) is 19.2. The lowest BCUT2D eigenvalue weighted by Crippen LogP contribution is -2.52. The van der Waals surface area contributed by atoms with Gasteiger partial charge in [0.2, 0.25) is 11.8 Å². The summed E-state index contributed by atoms with van der Waals surface area (Å²) in [5, 5.41) is 3.02. The van der Waals surface area contributed by atoms with Crippen molar-refractivity contribution in [1.82, 2.24) is 15.1 Å². The number of amides is 2. The van der Waals surface area contributed by atoms with Gasteiger partial charge in [0.05, 0.1) is 12.0 Å². The molecule has 5 heteroatoms. The highest BCUT2D eigenvalue weighted by molar-refractivity contribution is 5.82. The molecule has 2 aliphatic rings. The largest absolute Gasteiger partial charge is 0.354 e. The SMILES string of the molecule is CC(C)CNC(=O)[C@H](C)N1CCC[C@H](C(=O)N2CCC(C)CC2)C1. The van der Waals surface area contributed by atoms with Crippen LogP contribution in [0.4, 0.5) is 0 Å². The second-order valence-corrected chi connectivity index (χ2v) is 8.16. The van der Waals surface area contributed by atoms with E-state index in [0.29, 0.717) is 18.4 Å². The summed E-state index contributed by atoms with van der Waals surface area (Å²) >= 11 is 0. The van der Waals surface area contributed by atoms with Crippen molar-refractivity contribution in [1.29, 1.82) is 0 Å². The summed E-state index contributed by atoms with van der Waals surface area (Å²) in [6.07, 6.45) is 4.20. The maximum Gasteiger partial charge on any atom is 0.237 e. The smallest absolute Gasteiger partial charge is 0.237 e. The van der Waals surface area contributed by atoms with Crippen molar-refractivity contribution in [2.24, 2.45) is 17.8 Å². The lowest BCUT2D eigenvalue weighted by atomic mass is 9.93. The fourth-order valence-electron chi connectivity index (χ4n) is 3.67. The molecule has 5 nitrogen and oxygen atoms in total. The van der Waals surface area contributed by atoms with Gasteiger partial charge in [-0.25, -0.2) is 0 Å². The average Bonchev–Trinajstić information content (AvgIpc) is 2.59. The van der Waals surface area contributed by atoms with Crippen LogP contribution in [0, 0.1) is 17.8 Å². The van der Waals surface area contributed by atoms with Crippen molar-refractivity contribution in [3.05, 3.63) is 0 Å². The number of nitrogens with zero attached hydrogens (tertiary/aromatic N) is 2. The third-order valence-corrected chi connectivity index (χ3v) is 5.51. The molecule has 138 valence electrons. The highest BCUT2D eigenvalue weighted by Gasteiger charge is 2.33. The van der Waals surface area contributed by atoms with Crippen molar-refractivity contribution in [3.63, 3.8) is 0 Å². The highest BCUT2D eigenvalue weighted by Crippen LogP contribution is 2.24. The van der Waals surface area contributed by atoms with Gasteiger partial charge in [-0.2, -0.15) is 0 Å². The summed E-state index contributed by atoms with van der Waals surface area (Å²) in [7, 11) is 0. The number of piperidine rings is 2. The van der Waals surface area contributed by atoms with E-state index in [0.717, 1.165) is 57.8 Å². The molecule has 2 rings (SSSR count). The van der Waals surface area contributed by atoms with Crippen LogP contribution in [0.5, 0.6) is 0 Å². The van der Waals surface area contributed by atoms with Gasteiger partial charge in [0.1, 0.15) is 0 Å². The highest BCUT2D eigenvalue weighted by atomic mass is 16.2. The van der Waals surface area contributed by atoms with E-state index >= 15 is 0 Å². The third-order valence-electron chi connectivity index (χ3n) is 5.51. The van der Waals surface area contributed by atoms with E-state index in [1.807, 2.05) is 6.92 Å². The Kier molecular flexibility index (Phi) is 7.08. The molecule has 0 bridgehead atoms. The van der Waals surface area contributed by atoms with Gasteiger partial charge >= 0.3 is 0 Å². The summed E-state index contributed by atoms with van der Waals surface area (Å²) in [5.74, 6) is 1.65. The van der Waals surface area contributed by atoms with Crippen LogP contribution in [0.1, 0.15) is 53.4 Å². The Labute approximate surface area is 147 Å². The van der Waals surface area contributed by atoms with Crippen LogP contribution >= 0.6 is 0 Å². The Balaban J connectivity index is 1.86. The van der Waals surface area contributed by atoms with E-state index < -0.39 is 0 Å². The minimum atomic E-state index is -0.152. The molecule has 1 N–H and O–H groups in total. The van der Waals surface area contributed by atoms with Crippen molar-refractivity contribution < 1.29 is 9.59 Å². The molecule has 2 heterocycles. The molecule has 0 aromatic rings. The fourth-order valence-corrected chi connectivity index (χ4v) is 3.67.